The van der Waals surface area contributed by atoms with Gasteiger partial charge in [-0.1, -0.05) is 76.9 Å². The zero-order chi connectivity index (χ0) is 27.7. The van der Waals surface area contributed by atoms with Gasteiger partial charge >= 0.3 is 5.97 Å². The molecule has 0 saturated carbocycles. The molecule has 3 rings (SSSR count). The second-order valence-electron chi connectivity index (χ2n) is 9.29. The number of carbonyl (C=O) groups excluding carboxylic acids is 3. The summed E-state index contributed by atoms with van der Waals surface area (Å²) in [5, 5.41) is 3.21. The molecule has 38 heavy (non-hydrogen) atoms. The minimum Gasteiger partial charge on any atom is -0.492 e. The van der Waals surface area contributed by atoms with Crippen molar-refractivity contribution in [2.75, 3.05) is 26.3 Å². The van der Waals surface area contributed by atoms with Crippen LogP contribution in [0.15, 0.2) is 25.7 Å². The Labute approximate surface area is 234 Å². The summed E-state index contributed by atoms with van der Waals surface area (Å²) >= 11 is 2.68. The highest BCUT2D eigenvalue weighted by molar-refractivity contribution is 8.25. The van der Waals surface area contributed by atoms with Crippen LogP contribution in [-0.2, 0) is 14.4 Å². The molecule has 0 spiro atoms. The molecule has 2 amide bonds. The number of esters is 1. The van der Waals surface area contributed by atoms with Crippen molar-refractivity contribution in [3.63, 3.8) is 0 Å². The highest BCUT2D eigenvalue weighted by atomic mass is 32.2. The Morgan fingerprint density at radius 2 is 1.29 bits per heavy atom. The van der Waals surface area contributed by atoms with E-state index in [-0.39, 0.29) is 23.1 Å². The van der Waals surface area contributed by atoms with E-state index in [9.17, 15) is 14.4 Å². The van der Waals surface area contributed by atoms with Crippen molar-refractivity contribution < 1.29 is 28.6 Å². The average Bonchev–Trinajstić information content (AvgIpc) is 3.41. The molecule has 10 heteroatoms. The fraction of sp³-hybridized carbons (Fsp3) is 0.607. The summed E-state index contributed by atoms with van der Waals surface area (Å²) in [7, 11) is 0. The third-order valence-electron chi connectivity index (χ3n) is 6.10. The first-order valence-electron chi connectivity index (χ1n) is 13.8. The summed E-state index contributed by atoms with van der Waals surface area (Å²) in [6.07, 6.45) is 7.12. The number of hydrogen-bond donors (Lipinski definition) is 0. The smallest absolute Gasteiger partial charge is 0.308 e. The maximum Gasteiger partial charge on any atom is 0.308 e. The largest absolute Gasteiger partial charge is 0.492 e. The van der Waals surface area contributed by atoms with Crippen molar-refractivity contribution >= 4 is 41.3 Å². The number of benzene rings is 1. The predicted octanol–water partition coefficient (Wildman–Crippen LogP) is 6.57. The molecule has 1 aromatic rings. The maximum absolute atomic E-state index is 13.6. The molecule has 0 N–H and O–H groups in total. The minimum absolute atomic E-state index is 0.191. The van der Waals surface area contributed by atoms with Gasteiger partial charge in [-0.25, -0.2) is 10.0 Å². The SMILES string of the molecule is CCCCOc1cc(OC(C)=O)c(OCCCC)c2c1SC(=C1C(=O)N(CCCC)N(CCCC)C1=O)S2. The number of amides is 2. The van der Waals surface area contributed by atoms with Crippen LogP contribution in [0.2, 0.25) is 0 Å². The Morgan fingerprint density at radius 3 is 1.82 bits per heavy atom. The molecule has 0 aliphatic carbocycles. The number of ether oxygens (including phenoxy) is 3. The fourth-order valence-corrected chi connectivity index (χ4v) is 6.69. The predicted molar refractivity (Wildman–Crippen MR) is 151 cm³/mol. The molecule has 0 bridgehead atoms. The van der Waals surface area contributed by atoms with Gasteiger partial charge in [-0.15, -0.1) is 0 Å². The first-order valence-corrected chi connectivity index (χ1v) is 15.4. The quantitative estimate of drug-likeness (QED) is 0.0778. The van der Waals surface area contributed by atoms with E-state index in [1.807, 2.05) is 0 Å². The summed E-state index contributed by atoms with van der Waals surface area (Å²) in [6, 6.07) is 1.69. The van der Waals surface area contributed by atoms with Crippen molar-refractivity contribution in [3.05, 3.63) is 15.9 Å². The third-order valence-corrected chi connectivity index (χ3v) is 8.72. The normalized spacial score (nSPS) is 15.0. The zero-order valence-electron chi connectivity index (χ0n) is 23.2. The molecule has 2 aliphatic rings. The van der Waals surface area contributed by atoms with Crippen molar-refractivity contribution in [3.8, 4) is 17.2 Å². The first-order chi connectivity index (χ1) is 18.4. The molecule has 1 aromatic carbocycles. The molecule has 210 valence electrons. The molecular weight excluding hydrogens is 524 g/mol. The number of nitrogens with zero attached hydrogens (tertiary/aromatic N) is 2. The van der Waals surface area contributed by atoms with Crippen LogP contribution in [0, 0.1) is 0 Å². The summed E-state index contributed by atoms with van der Waals surface area (Å²) in [5.74, 6) is 0.316. The molecule has 8 nitrogen and oxygen atoms in total. The van der Waals surface area contributed by atoms with Gasteiger partial charge in [0.1, 0.15) is 11.3 Å². The number of carbonyl (C=O) groups is 3. The Morgan fingerprint density at radius 1 is 0.763 bits per heavy atom. The van der Waals surface area contributed by atoms with Gasteiger partial charge in [-0.2, -0.15) is 0 Å². The molecule has 2 aliphatic heterocycles. The van der Waals surface area contributed by atoms with Crippen LogP contribution in [0.3, 0.4) is 0 Å². The molecule has 0 unspecified atom stereocenters. The Bertz CT molecular complexity index is 1030. The number of fused-ring (bicyclic) bond motifs is 1. The van der Waals surface area contributed by atoms with Crippen LogP contribution < -0.4 is 14.2 Å². The van der Waals surface area contributed by atoms with E-state index in [2.05, 4.69) is 27.7 Å². The van der Waals surface area contributed by atoms with Gasteiger partial charge in [0.2, 0.25) is 0 Å². The van der Waals surface area contributed by atoms with E-state index >= 15 is 0 Å². The first kappa shape index (κ1) is 30.2. The Balaban J connectivity index is 2.07. The zero-order valence-corrected chi connectivity index (χ0v) is 24.9. The van der Waals surface area contributed by atoms with Crippen LogP contribution in [0.1, 0.15) is 86.0 Å². The van der Waals surface area contributed by atoms with Crippen LogP contribution in [0.4, 0.5) is 0 Å². The Hall–Kier alpha value is -2.33. The molecule has 0 aromatic heterocycles. The van der Waals surface area contributed by atoms with Crippen LogP contribution in [0.25, 0.3) is 0 Å². The average molecular weight is 565 g/mol. The minimum atomic E-state index is -0.460. The molecule has 2 heterocycles. The number of hydrazine groups is 1. The fourth-order valence-electron chi connectivity index (χ4n) is 4.00. The van der Waals surface area contributed by atoms with E-state index in [1.165, 1.54) is 30.4 Å². The Kier molecular flexibility index (Phi) is 11.7. The van der Waals surface area contributed by atoms with Crippen molar-refractivity contribution in [2.24, 2.45) is 0 Å². The standard InChI is InChI=1S/C28H40N2O6S2/c1-6-10-14-29-26(32)22(27(33)30(29)15-11-7-2)28-37-24-21(34-16-12-8-3)18-20(36-19(5)31)23(25(24)38-28)35-17-13-9-4/h18H,6-17H2,1-5H3. The number of unbranched alkanes of at least 4 members (excludes halogenated alkanes) is 4. The highest BCUT2D eigenvalue weighted by Gasteiger charge is 2.45. The number of rotatable bonds is 15. The second-order valence-corrected chi connectivity index (χ2v) is 11.6. The van der Waals surface area contributed by atoms with Gasteiger partial charge in [-0.3, -0.25) is 14.4 Å². The number of thioether (sulfide) groups is 2. The van der Waals surface area contributed by atoms with Gasteiger partial charge in [0.25, 0.3) is 11.8 Å². The van der Waals surface area contributed by atoms with E-state index in [0.29, 0.717) is 46.9 Å². The summed E-state index contributed by atoms with van der Waals surface area (Å²) in [5.41, 5.74) is 0.191. The summed E-state index contributed by atoms with van der Waals surface area (Å²) in [6.45, 7) is 11.6. The second kappa shape index (κ2) is 14.7. The van der Waals surface area contributed by atoms with Gasteiger partial charge in [0.15, 0.2) is 11.5 Å². The highest BCUT2D eigenvalue weighted by Crippen LogP contribution is 2.62. The summed E-state index contributed by atoms with van der Waals surface area (Å²) in [4.78, 5) is 40.6. The molecule has 1 fully saturated rings. The van der Waals surface area contributed by atoms with Crippen molar-refractivity contribution in [2.45, 2.75) is 95.8 Å². The third kappa shape index (κ3) is 7.00. The van der Waals surface area contributed by atoms with Gasteiger partial charge in [-0.05, 0) is 25.7 Å². The topological polar surface area (TPSA) is 85.4 Å². The lowest BCUT2D eigenvalue weighted by atomic mass is 10.2. The van der Waals surface area contributed by atoms with Crippen LogP contribution >= 0.6 is 23.5 Å². The van der Waals surface area contributed by atoms with Crippen molar-refractivity contribution in [1.29, 1.82) is 0 Å². The lowest BCUT2D eigenvalue weighted by Gasteiger charge is -2.27. The van der Waals surface area contributed by atoms with Crippen LogP contribution in [0.5, 0.6) is 17.2 Å². The molecule has 0 atom stereocenters. The molecule has 1 saturated heterocycles. The van der Waals surface area contributed by atoms with Crippen molar-refractivity contribution in [1.82, 2.24) is 10.0 Å². The van der Waals surface area contributed by atoms with E-state index in [4.69, 9.17) is 14.2 Å². The van der Waals surface area contributed by atoms with Gasteiger partial charge in [0, 0.05) is 26.1 Å². The molecular formula is C28H40N2O6S2. The van der Waals surface area contributed by atoms with E-state index < -0.39 is 5.97 Å². The molecule has 0 radical (unpaired) electrons. The summed E-state index contributed by atoms with van der Waals surface area (Å²) < 4.78 is 18.4. The lowest BCUT2D eigenvalue weighted by Crippen LogP contribution is -2.42. The lowest BCUT2D eigenvalue weighted by molar-refractivity contribution is -0.147. The van der Waals surface area contributed by atoms with E-state index in [1.54, 1.807) is 16.1 Å². The number of hydrogen-bond acceptors (Lipinski definition) is 8. The van der Waals surface area contributed by atoms with Gasteiger partial charge in [0.05, 0.1) is 27.2 Å². The van der Waals surface area contributed by atoms with E-state index in [0.717, 1.165) is 56.3 Å². The maximum atomic E-state index is 13.6. The van der Waals surface area contributed by atoms with Crippen LogP contribution in [-0.4, -0.2) is 54.1 Å². The van der Waals surface area contributed by atoms with Gasteiger partial charge < -0.3 is 14.2 Å². The monoisotopic (exact) mass is 564 g/mol.